The summed E-state index contributed by atoms with van der Waals surface area (Å²) in [5.41, 5.74) is 0.335. The Kier molecular flexibility index (Phi) is 7.60. The van der Waals surface area contributed by atoms with Crippen molar-refractivity contribution in [2.24, 2.45) is 5.41 Å². The Bertz CT molecular complexity index is 752. The minimum Gasteiger partial charge on any atom is -0.493 e. The van der Waals surface area contributed by atoms with Gasteiger partial charge in [0.05, 0.1) is 13.5 Å². The van der Waals surface area contributed by atoms with E-state index in [1.807, 2.05) is 26.8 Å². The first kappa shape index (κ1) is 21.0. The third-order valence-corrected chi connectivity index (χ3v) is 3.17. The molecule has 0 spiro atoms. The van der Waals surface area contributed by atoms with Crippen molar-refractivity contribution in [2.75, 3.05) is 13.7 Å². The normalized spacial score (nSPS) is 11.3. The average molecular weight is 356 g/mol. The van der Waals surface area contributed by atoms with Gasteiger partial charge < -0.3 is 14.8 Å². The summed E-state index contributed by atoms with van der Waals surface area (Å²) in [6, 6.07) is 6.66. The highest BCUT2D eigenvalue weighted by molar-refractivity contribution is 6.01. The molecular formula is C20H24N2O4. The van der Waals surface area contributed by atoms with Crippen LogP contribution in [0.15, 0.2) is 36.4 Å². The predicted octanol–water partition coefficient (Wildman–Crippen LogP) is 3.25. The molecule has 138 valence electrons. The Hall–Kier alpha value is -3.07. The van der Waals surface area contributed by atoms with Crippen LogP contribution in [0.1, 0.15) is 32.8 Å². The minimum atomic E-state index is -0.493. The van der Waals surface area contributed by atoms with Crippen LogP contribution in [-0.4, -0.2) is 25.5 Å². The molecule has 0 aliphatic rings. The molecule has 6 heteroatoms. The average Bonchev–Trinajstić information content (AvgIpc) is 2.56. The van der Waals surface area contributed by atoms with Gasteiger partial charge in [0.15, 0.2) is 11.5 Å². The van der Waals surface area contributed by atoms with E-state index in [-0.39, 0.29) is 35.7 Å². The van der Waals surface area contributed by atoms with Crippen LogP contribution in [-0.2, 0) is 9.59 Å². The molecule has 26 heavy (non-hydrogen) atoms. The minimum absolute atomic E-state index is 0.0496. The lowest BCUT2D eigenvalue weighted by molar-refractivity contribution is -0.136. The number of nitrogens with zero attached hydrogens (tertiary/aromatic N) is 1. The first-order valence-electron chi connectivity index (χ1n) is 8.10. The van der Waals surface area contributed by atoms with Gasteiger partial charge in [-0.05, 0) is 29.2 Å². The lowest BCUT2D eigenvalue weighted by atomic mass is 9.92. The van der Waals surface area contributed by atoms with E-state index >= 15 is 0 Å². The standard InChI is InChI=1S/C20H24N2O4/c1-6-9-22-19(24)15(13-21)10-14-7-8-16(17(11-14)25-5)26-18(23)12-20(2,3)4/h6-8,10-11H,1,9,12H2,2-5H3,(H,22,24)/b15-10+. The fraction of sp³-hybridized carbons (Fsp3) is 0.350. The zero-order valence-electron chi connectivity index (χ0n) is 15.6. The second kappa shape index (κ2) is 9.42. The summed E-state index contributed by atoms with van der Waals surface area (Å²) < 4.78 is 10.6. The third-order valence-electron chi connectivity index (χ3n) is 3.17. The van der Waals surface area contributed by atoms with Crippen LogP contribution in [0.25, 0.3) is 6.08 Å². The van der Waals surface area contributed by atoms with Crippen molar-refractivity contribution < 1.29 is 19.1 Å². The van der Waals surface area contributed by atoms with Gasteiger partial charge in [-0.25, -0.2) is 0 Å². The molecule has 1 amide bonds. The molecule has 0 heterocycles. The van der Waals surface area contributed by atoms with Gasteiger partial charge >= 0.3 is 5.97 Å². The molecule has 0 aliphatic carbocycles. The Balaban J connectivity index is 3.02. The molecule has 0 aromatic heterocycles. The smallest absolute Gasteiger partial charge is 0.311 e. The number of esters is 1. The van der Waals surface area contributed by atoms with Crippen LogP contribution < -0.4 is 14.8 Å². The number of methoxy groups -OCH3 is 1. The van der Waals surface area contributed by atoms with Gasteiger partial charge in [0, 0.05) is 6.54 Å². The maximum absolute atomic E-state index is 12.0. The highest BCUT2D eigenvalue weighted by Crippen LogP contribution is 2.30. The maximum atomic E-state index is 12.0. The van der Waals surface area contributed by atoms with E-state index in [0.717, 1.165) is 0 Å². The van der Waals surface area contributed by atoms with Gasteiger partial charge in [-0.2, -0.15) is 5.26 Å². The van der Waals surface area contributed by atoms with Crippen molar-refractivity contribution in [3.8, 4) is 17.6 Å². The molecule has 0 atom stereocenters. The van der Waals surface area contributed by atoms with Crippen LogP contribution in [0, 0.1) is 16.7 Å². The van der Waals surface area contributed by atoms with Crippen molar-refractivity contribution in [1.29, 1.82) is 5.26 Å². The van der Waals surface area contributed by atoms with E-state index in [1.165, 1.54) is 19.3 Å². The second-order valence-electron chi connectivity index (χ2n) is 6.79. The number of ether oxygens (including phenoxy) is 2. The summed E-state index contributed by atoms with van der Waals surface area (Å²) in [5.74, 6) is -0.231. The van der Waals surface area contributed by atoms with Crippen LogP contribution in [0.4, 0.5) is 0 Å². The molecule has 0 fully saturated rings. The first-order chi connectivity index (χ1) is 12.2. The van der Waals surface area contributed by atoms with Gasteiger partial charge in [-0.3, -0.25) is 9.59 Å². The molecule has 0 radical (unpaired) electrons. The molecule has 1 N–H and O–H groups in total. The molecule has 0 saturated heterocycles. The predicted molar refractivity (Wildman–Crippen MR) is 99.5 cm³/mol. The monoisotopic (exact) mass is 356 g/mol. The van der Waals surface area contributed by atoms with Crippen LogP contribution in [0.5, 0.6) is 11.5 Å². The van der Waals surface area contributed by atoms with Gasteiger partial charge in [-0.15, -0.1) is 6.58 Å². The number of benzene rings is 1. The Morgan fingerprint density at radius 2 is 2.00 bits per heavy atom. The van der Waals surface area contributed by atoms with E-state index in [4.69, 9.17) is 14.7 Å². The molecule has 1 aromatic rings. The van der Waals surface area contributed by atoms with Crippen molar-refractivity contribution in [3.05, 3.63) is 42.0 Å². The van der Waals surface area contributed by atoms with Gasteiger partial charge in [-0.1, -0.05) is 32.9 Å². The fourth-order valence-corrected chi connectivity index (χ4v) is 2.03. The molecule has 0 aliphatic heterocycles. The SMILES string of the molecule is C=CCNC(=O)/C(C#N)=C/c1ccc(OC(=O)CC(C)(C)C)c(OC)c1. The van der Waals surface area contributed by atoms with Crippen molar-refractivity contribution in [2.45, 2.75) is 27.2 Å². The second-order valence-corrected chi connectivity index (χ2v) is 6.79. The summed E-state index contributed by atoms with van der Waals surface area (Å²) >= 11 is 0. The Morgan fingerprint density at radius 3 is 2.54 bits per heavy atom. The summed E-state index contributed by atoms with van der Waals surface area (Å²) in [4.78, 5) is 23.9. The van der Waals surface area contributed by atoms with Gasteiger partial charge in [0.1, 0.15) is 11.6 Å². The number of carbonyl (C=O) groups is 2. The van der Waals surface area contributed by atoms with E-state index in [2.05, 4.69) is 11.9 Å². The number of carbonyl (C=O) groups excluding carboxylic acids is 2. The number of hydrogen-bond acceptors (Lipinski definition) is 5. The largest absolute Gasteiger partial charge is 0.493 e. The summed E-state index contributed by atoms with van der Waals surface area (Å²) in [5, 5.41) is 11.7. The number of nitrogens with one attached hydrogen (secondary N) is 1. The molecule has 1 rings (SSSR count). The molecule has 0 bridgehead atoms. The Labute approximate surface area is 154 Å². The lowest BCUT2D eigenvalue weighted by Gasteiger charge is -2.17. The van der Waals surface area contributed by atoms with E-state index in [0.29, 0.717) is 11.3 Å². The fourth-order valence-electron chi connectivity index (χ4n) is 2.03. The highest BCUT2D eigenvalue weighted by atomic mass is 16.6. The summed E-state index contributed by atoms with van der Waals surface area (Å²) in [6.07, 6.45) is 3.22. The van der Waals surface area contributed by atoms with Gasteiger partial charge in [0.2, 0.25) is 0 Å². The Morgan fingerprint density at radius 1 is 1.31 bits per heavy atom. The molecular weight excluding hydrogens is 332 g/mol. The van der Waals surface area contributed by atoms with Crippen molar-refractivity contribution in [1.82, 2.24) is 5.32 Å². The van der Waals surface area contributed by atoms with Crippen molar-refractivity contribution in [3.63, 3.8) is 0 Å². The summed E-state index contributed by atoms with van der Waals surface area (Å²) in [7, 11) is 1.45. The maximum Gasteiger partial charge on any atom is 0.311 e. The molecule has 0 saturated carbocycles. The zero-order chi connectivity index (χ0) is 19.7. The highest BCUT2D eigenvalue weighted by Gasteiger charge is 2.19. The number of amides is 1. The van der Waals surface area contributed by atoms with Crippen LogP contribution in [0.3, 0.4) is 0 Å². The van der Waals surface area contributed by atoms with E-state index in [9.17, 15) is 9.59 Å². The van der Waals surface area contributed by atoms with Crippen molar-refractivity contribution >= 4 is 18.0 Å². The lowest BCUT2D eigenvalue weighted by Crippen LogP contribution is -2.24. The third kappa shape index (κ3) is 6.81. The molecule has 0 unspecified atom stereocenters. The van der Waals surface area contributed by atoms with E-state index in [1.54, 1.807) is 18.2 Å². The quantitative estimate of drug-likeness (QED) is 0.266. The first-order valence-corrected chi connectivity index (χ1v) is 8.10. The topological polar surface area (TPSA) is 88.4 Å². The van der Waals surface area contributed by atoms with Crippen LogP contribution >= 0.6 is 0 Å². The number of nitriles is 1. The number of hydrogen-bond donors (Lipinski definition) is 1. The summed E-state index contributed by atoms with van der Waals surface area (Å²) in [6.45, 7) is 9.61. The van der Waals surface area contributed by atoms with Crippen LogP contribution in [0.2, 0.25) is 0 Å². The molecule has 1 aromatic carbocycles. The molecule has 6 nitrogen and oxygen atoms in total. The number of rotatable bonds is 7. The zero-order valence-corrected chi connectivity index (χ0v) is 15.6. The van der Waals surface area contributed by atoms with E-state index < -0.39 is 5.91 Å². The van der Waals surface area contributed by atoms with Gasteiger partial charge in [0.25, 0.3) is 5.91 Å².